The van der Waals surface area contributed by atoms with E-state index in [4.69, 9.17) is 5.73 Å². The van der Waals surface area contributed by atoms with Crippen molar-refractivity contribution in [3.05, 3.63) is 41.0 Å². The molecule has 0 unspecified atom stereocenters. The maximum absolute atomic E-state index is 13.4. The summed E-state index contributed by atoms with van der Waals surface area (Å²) in [6.45, 7) is 1.59. The monoisotopic (exact) mass is 270 g/mol. The number of nitrogens with one attached hydrogen (secondary N) is 2. The highest BCUT2D eigenvalue weighted by Crippen LogP contribution is 2.21. The lowest BCUT2D eigenvalue weighted by Gasteiger charge is -2.06. The molecule has 0 aliphatic carbocycles. The molecule has 1 heterocycles. The number of carbonyl (C=O) groups excluding carboxylic acids is 1. The number of nitrogens with two attached hydrogens (primary N) is 1. The molecule has 2 aromatic rings. The highest BCUT2D eigenvalue weighted by Gasteiger charge is 2.19. The van der Waals surface area contributed by atoms with Crippen LogP contribution in [0.5, 0.6) is 0 Å². The standard InChI is InChI=1S/C11H9F3N4O/c1-4-9(15)10(18-17-4)11(19)16-6-3-2-5(12)7(13)8(6)14/h2-3H,15H2,1H3,(H,16,19)(H,17,18). The van der Waals surface area contributed by atoms with Crippen LogP contribution in [0.15, 0.2) is 12.1 Å². The van der Waals surface area contributed by atoms with Gasteiger partial charge in [-0.3, -0.25) is 9.89 Å². The van der Waals surface area contributed by atoms with Crippen LogP contribution in [-0.2, 0) is 0 Å². The van der Waals surface area contributed by atoms with Crippen molar-refractivity contribution in [3.8, 4) is 0 Å². The number of hydrogen-bond donors (Lipinski definition) is 3. The smallest absolute Gasteiger partial charge is 0.278 e. The zero-order valence-corrected chi connectivity index (χ0v) is 9.72. The molecule has 0 saturated heterocycles. The molecule has 100 valence electrons. The fourth-order valence-corrected chi connectivity index (χ4v) is 1.41. The van der Waals surface area contributed by atoms with Crippen LogP contribution < -0.4 is 11.1 Å². The number of halogens is 3. The number of amides is 1. The number of H-pyrrole nitrogens is 1. The Morgan fingerprint density at radius 1 is 1.32 bits per heavy atom. The molecule has 8 heteroatoms. The summed E-state index contributed by atoms with van der Waals surface area (Å²) in [5.74, 6) is -5.32. The van der Waals surface area contributed by atoms with Crippen molar-refractivity contribution in [1.29, 1.82) is 0 Å². The molecule has 0 saturated carbocycles. The second-order valence-corrected chi connectivity index (χ2v) is 3.79. The van der Waals surface area contributed by atoms with Gasteiger partial charge in [-0.05, 0) is 19.1 Å². The Morgan fingerprint density at radius 3 is 2.58 bits per heavy atom. The van der Waals surface area contributed by atoms with E-state index in [2.05, 4.69) is 15.5 Å². The number of nitrogen functional groups attached to an aromatic ring is 1. The minimum atomic E-state index is -1.66. The molecule has 5 nitrogen and oxygen atoms in total. The van der Waals surface area contributed by atoms with E-state index in [1.54, 1.807) is 6.92 Å². The van der Waals surface area contributed by atoms with Crippen molar-refractivity contribution in [2.45, 2.75) is 6.92 Å². The molecule has 0 bridgehead atoms. The minimum Gasteiger partial charge on any atom is -0.395 e. The first-order chi connectivity index (χ1) is 8.91. The Hall–Kier alpha value is -2.51. The van der Waals surface area contributed by atoms with Crippen molar-refractivity contribution >= 4 is 17.3 Å². The van der Waals surface area contributed by atoms with Crippen LogP contribution in [0.25, 0.3) is 0 Å². The summed E-state index contributed by atoms with van der Waals surface area (Å²) in [4.78, 5) is 11.7. The van der Waals surface area contributed by atoms with Crippen LogP contribution in [-0.4, -0.2) is 16.1 Å². The highest BCUT2D eigenvalue weighted by molar-refractivity contribution is 6.06. The van der Waals surface area contributed by atoms with Gasteiger partial charge in [-0.1, -0.05) is 0 Å². The average Bonchev–Trinajstić information content (AvgIpc) is 2.71. The second-order valence-electron chi connectivity index (χ2n) is 3.79. The van der Waals surface area contributed by atoms with E-state index in [-0.39, 0.29) is 11.4 Å². The van der Waals surface area contributed by atoms with Crippen molar-refractivity contribution in [2.24, 2.45) is 0 Å². The third-order valence-electron chi connectivity index (χ3n) is 2.49. The SMILES string of the molecule is Cc1[nH]nc(C(=O)Nc2ccc(F)c(F)c2F)c1N. The van der Waals surface area contributed by atoms with Crippen molar-refractivity contribution < 1.29 is 18.0 Å². The first-order valence-corrected chi connectivity index (χ1v) is 5.17. The number of hydrogen-bond acceptors (Lipinski definition) is 3. The zero-order chi connectivity index (χ0) is 14.2. The Bertz CT molecular complexity index is 654. The van der Waals surface area contributed by atoms with Gasteiger partial charge in [0.15, 0.2) is 23.1 Å². The molecule has 0 fully saturated rings. The van der Waals surface area contributed by atoms with Crippen LogP contribution in [0, 0.1) is 24.4 Å². The maximum Gasteiger partial charge on any atom is 0.278 e. The molecule has 0 spiro atoms. The number of aromatic nitrogens is 2. The molecule has 2 rings (SSSR count). The number of anilines is 2. The van der Waals surface area contributed by atoms with Gasteiger partial charge in [0.05, 0.1) is 17.1 Å². The second kappa shape index (κ2) is 4.63. The van der Waals surface area contributed by atoms with Crippen LogP contribution >= 0.6 is 0 Å². The predicted octanol–water partition coefficient (Wildman–Crippen LogP) is 1.97. The summed E-state index contributed by atoms with van der Waals surface area (Å²) in [5.41, 5.74) is 5.49. The van der Waals surface area contributed by atoms with Gasteiger partial charge >= 0.3 is 0 Å². The van der Waals surface area contributed by atoms with Gasteiger partial charge < -0.3 is 11.1 Å². The lowest BCUT2D eigenvalue weighted by Crippen LogP contribution is -2.16. The lowest BCUT2D eigenvalue weighted by molar-refractivity contribution is 0.102. The highest BCUT2D eigenvalue weighted by atomic mass is 19.2. The number of aromatic amines is 1. The molecule has 0 atom stereocenters. The number of nitrogens with zero attached hydrogens (tertiary/aromatic N) is 1. The molecule has 4 N–H and O–H groups in total. The van der Waals surface area contributed by atoms with E-state index in [0.29, 0.717) is 11.8 Å². The Morgan fingerprint density at radius 2 is 2.00 bits per heavy atom. The quantitative estimate of drug-likeness (QED) is 0.729. The van der Waals surface area contributed by atoms with E-state index in [0.717, 1.165) is 6.07 Å². The summed E-state index contributed by atoms with van der Waals surface area (Å²) in [6.07, 6.45) is 0. The van der Waals surface area contributed by atoms with Crippen molar-refractivity contribution in [1.82, 2.24) is 10.2 Å². The van der Waals surface area contributed by atoms with Crippen LogP contribution in [0.2, 0.25) is 0 Å². The molecule has 19 heavy (non-hydrogen) atoms. The minimum absolute atomic E-state index is 0.0977. The number of carbonyl (C=O) groups is 1. The molecule has 1 aromatic carbocycles. The van der Waals surface area contributed by atoms with Gasteiger partial charge in [-0.15, -0.1) is 0 Å². The normalized spacial score (nSPS) is 10.5. The zero-order valence-electron chi connectivity index (χ0n) is 9.72. The third kappa shape index (κ3) is 2.24. The molecule has 1 amide bonds. The lowest BCUT2D eigenvalue weighted by atomic mass is 10.2. The number of rotatable bonds is 2. The molecule has 0 aliphatic heterocycles. The number of benzene rings is 1. The first-order valence-electron chi connectivity index (χ1n) is 5.17. The molecular weight excluding hydrogens is 261 g/mol. The molecule has 1 aromatic heterocycles. The summed E-state index contributed by atoms with van der Waals surface area (Å²) >= 11 is 0. The first kappa shape index (κ1) is 12.9. The Labute approximate surface area is 105 Å². The van der Waals surface area contributed by atoms with Crippen LogP contribution in [0.4, 0.5) is 24.5 Å². The fraction of sp³-hybridized carbons (Fsp3) is 0.0909. The molecule has 0 aliphatic rings. The Balaban J connectivity index is 2.30. The van der Waals surface area contributed by atoms with E-state index in [1.807, 2.05) is 0 Å². The number of aryl methyl sites for hydroxylation is 1. The molecular formula is C11H9F3N4O. The average molecular weight is 270 g/mol. The van der Waals surface area contributed by atoms with E-state index in [9.17, 15) is 18.0 Å². The summed E-state index contributed by atoms with van der Waals surface area (Å²) in [7, 11) is 0. The van der Waals surface area contributed by atoms with Gasteiger partial charge in [-0.25, -0.2) is 13.2 Å². The van der Waals surface area contributed by atoms with Crippen molar-refractivity contribution in [3.63, 3.8) is 0 Å². The molecule has 0 radical (unpaired) electrons. The topological polar surface area (TPSA) is 83.8 Å². The maximum atomic E-state index is 13.4. The summed E-state index contributed by atoms with van der Waals surface area (Å²) in [6, 6.07) is 1.61. The van der Waals surface area contributed by atoms with Gasteiger partial charge in [-0.2, -0.15) is 5.10 Å². The van der Waals surface area contributed by atoms with Gasteiger partial charge in [0, 0.05) is 0 Å². The van der Waals surface area contributed by atoms with E-state index in [1.165, 1.54) is 0 Å². The van der Waals surface area contributed by atoms with E-state index < -0.39 is 29.0 Å². The van der Waals surface area contributed by atoms with Gasteiger partial charge in [0.2, 0.25) is 0 Å². The summed E-state index contributed by atoms with van der Waals surface area (Å²) < 4.78 is 39.1. The van der Waals surface area contributed by atoms with Gasteiger partial charge in [0.1, 0.15) is 0 Å². The summed E-state index contributed by atoms with van der Waals surface area (Å²) in [5, 5.41) is 8.17. The van der Waals surface area contributed by atoms with E-state index >= 15 is 0 Å². The third-order valence-corrected chi connectivity index (χ3v) is 2.49. The van der Waals surface area contributed by atoms with Crippen LogP contribution in [0.3, 0.4) is 0 Å². The largest absolute Gasteiger partial charge is 0.395 e. The fourth-order valence-electron chi connectivity index (χ4n) is 1.41. The predicted molar refractivity (Wildman–Crippen MR) is 62.0 cm³/mol. The van der Waals surface area contributed by atoms with Crippen molar-refractivity contribution in [2.75, 3.05) is 11.1 Å². The van der Waals surface area contributed by atoms with Gasteiger partial charge in [0.25, 0.3) is 5.91 Å². The van der Waals surface area contributed by atoms with Crippen LogP contribution in [0.1, 0.15) is 16.2 Å². The Kier molecular flexibility index (Phi) is 3.16.